The molecule has 3 heteroatoms. The van der Waals surface area contributed by atoms with Gasteiger partial charge in [0.15, 0.2) is 0 Å². The molecule has 0 aliphatic carbocycles. The fourth-order valence-corrected chi connectivity index (χ4v) is 2.72. The molecule has 0 atom stereocenters. The van der Waals surface area contributed by atoms with Crippen LogP contribution >= 0.6 is 11.3 Å². The van der Waals surface area contributed by atoms with Gasteiger partial charge in [-0.25, -0.2) is 4.98 Å². The number of nitrogens with zero attached hydrogens (tertiary/aromatic N) is 2. The minimum Gasteiger partial charge on any atom is -0.265 e. The monoisotopic (exact) mass is 256 g/mol. The number of aryl methyl sites for hydroxylation is 1. The fourth-order valence-electron chi connectivity index (χ4n) is 1.65. The predicted octanol–water partition coefficient (Wildman–Crippen LogP) is 4.69. The molecule has 0 N–H and O–H groups in total. The Kier molecular flexibility index (Phi) is 4.05. The van der Waals surface area contributed by atoms with E-state index < -0.39 is 0 Å². The van der Waals surface area contributed by atoms with Crippen LogP contribution < -0.4 is 0 Å². The summed E-state index contributed by atoms with van der Waals surface area (Å²) in [5.74, 6) is 0. The third-order valence-corrected chi connectivity index (χ3v) is 3.54. The Morgan fingerprint density at radius 3 is 2.44 bits per heavy atom. The van der Waals surface area contributed by atoms with Crippen LogP contribution in [0, 0.1) is 6.92 Å². The summed E-state index contributed by atoms with van der Waals surface area (Å²) >= 11 is 1.73. The first-order valence-corrected chi connectivity index (χ1v) is 6.92. The summed E-state index contributed by atoms with van der Waals surface area (Å²) in [6.07, 6.45) is 3.60. The van der Waals surface area contributed by atoms with Crippen LogP contribution in [0.5, 0.6) is 0 Å². The number of thiazole rings is 1. The Morgan fingerprint density at radius 2 is 1.72 bits per heavy atom. The largest absolute Gasteiger partial charge is 0.265 e. The third-order valence-electron chi connectivity index (χ3n) is 2.47. The van der Waals surface area contributed by atoms with Crippen LogP contribution in [-0.4, -0.2) is 9.97 Å². The lowest BCUT2D eigenvalue weighted by molar-refractivity contribution is 1.32. The van der Waals surface area contributed by atoms with Crippen molar-refractivity contribution in [1.82, 2.24) is 9.97 Å². The molecule has 0 amide bonds. The third kappa shape index (κ3) is 2.57. The maximum absolute atomic E-state index is 4.61. The minimum atomic E-state index is 1.06. The Bertz CT molecular complexity index is 629. The maximum Gasteiger partial charge on any atom is 0.124 e. The van der Waals surface area contributed by atoms with E-state index in [1.165, 1.54) is 10.3 Å². The molecule has 0 bridgehead atoms. The zero-order chi connectivity index (χ0) is 13.0. The maximum atomic E-state index is 4.61. The summed E-state index contributed by atoms with van der Waals surface area (Å²) in [6.45, 7) is 6.10. The molecule has 3 aromatic rings. The first-order valence-electron chi connectivity index (χ1n) is 6.10. The number of pyridine rings is 1. The molecule has 0 aliphatic heterocycles. The molecule has 0 aliphatic rings. The van der Waals surface area contributed by atoms with Gasteiger partial charge in [-0.15, -0.1) is 11.3 Å². The minimum absolute atomic E-state index is 1.06. The molecule has 92 valence electrons. The summed E-state index contributed by atoms with van der Waals surface area (Å²) in [5.41, 5.74) is 3.48. The predicted molar refractivity (Wildman–Crippen MR) is 78.9 cm³/mol. The molecule has 0 saturated heterocycles. The zero-order valence-electron chi connectivity index (χ0n) is 10.8. The summed E-state index contributed by atoms with van der Waals surface area (Å²) in [5, 5.41) is 1.06. The molecule has 2 nitrogen and oxygen atoms in total. The van der Waals surface area contributed by atoms with E-state index in [1.54, 1.807) is 23.7 Å². The summed E-state index contributed by atoms with van der Waals surface area (Å²) in [6, 6.07) is 10.3. The highest BCUT2D eigenvalue weighted by atomic mass is 32.1. The molecule has 0 radical (unpaired) electrons. The second kappa shape index (κ2) is 5.74. The first-order chi connectivity index (χ1) is 8.83. The summed E-state index contributed by atoms with van der Waals surface area (Å²) < 4.78 is 1.24. The molecule has 2 heterocycles. The van der Waals surface area contributed by atoms with Crippen molar-refractivity contribution >= 4 is 21.6 Å². The summed E-state index contributed by atoms with van der Waals surface area (Å²) in [4.78, 5) is 8.63. The van der Waals surface area contributed by atoms with Gasteiger partial charge < -0.3 is 0 Å². The van der Waals surface area contributed by atoms with E-state index in [1.807, 2.05) is 26.0 Å². The van der Waals surface area contributed by atoms with Gasteiger partial charge in [-0.1, -0.05) is 19.9 Å². The number of hydrogen-bond donors (Lipinski definition) is 0. The van der Waals surface area contributed by atoms with Crippen molar-refractivity contribution in [3.63, 3.8) is 0 Å². The topological polar surface area (TPSA) is 25.8 Å². The van der Waals surface area contributed by atoms with Crippen molar-refractivity contribution < 1.29 is 0 Å². The molecular weight excluding hydrogens is 240 g/mol. The van der Waals surface area contributed by atoms with Crippen LogP contribution in [0.1, 0.15) is 19.4 Å². The van der Waals surface area contributed by atoms with Crippen molar-refractivity contribution in [2.24, 2.45) is 0 Å². The van der Waals surface area contributed by atoms with E-state index in [-0.39, 0.29) is 0 Å². The quantitative estimate of drug-likeness (QED) is 0.631. The molecule has 0 spiro atoms. The zero-order valence-corrected chi connectivity index (χ0v) is 11.7. The molecule has 2 aromatic heterocycles. The Balaban J connectivity index is 0.000000574. The summed E-state index contributed by atoms with van der Waals surface area (Å²) in [7, 11) is 0. The van der Waals surface area contributed by atoms with Gasteiger partial charge in [0, 0.05) is 18.0 Å². The van der Waals surface area contributed by atoms with Crippen LogP contribution in [0.25, 0.3) is 20.8 Å². The van der Waals surface area contributed by atoms with Gasteiger partial charge in [0.05, 0.1) is 10.2 Å². The smallest absolute Gasteiger partial charge is 0.124 e. The van der Waals surface area contributed by atoms with E-state index in [9.17, 15) is 0 Å². The average molecular weight is 256 g/mol. The van der Waals surface area contributed by atoms with Gasteiger partial charge in [-0.05, 0) is 36.8 Å². The normalized spacial score (nSPS) is 9.94. The van der Waals surface area contributed by atoms with E-state index in [2.05, 4.69) is 35.1 Å². The van der Waals surface area contributed by atoms with Crippen LogP contribution in [-0.2, 0) is 0 Å². The molecule has 1 aromatic carbocycles. The molecule has 0 fully saturated rings. The second-order valence-corrected chi connectivity index (χ2v) is 4.76. The second-order valence-electron chi connectivity index (χ2n) is 3.73. The van der Waals surface area contributed by atoms with E-state index in [0.29, 0.717) is 0 Å². The highest BCUT2D eigenvalue weighted by molar-refractivity contribution is 7.21. The highest BCUT2D eigenvalue weighted by Crippen LogP contribution is 2.30. The molecule has 0 saturated carbocycles. The Hall–Kier alpha value is -1.74. The van der Waals surface area contributed by atoms with Crippen LogP contribution in [0.15, 0.2) is 42.7 Å². The average Bonchev–Trinajstić information content (AvgIpc) is 2.85. The molecule has 0 unspecified atom stereocenters. The van der Waals surface area contributed by atoms with Gasteiger partial charge in [0.25, 0.3) is 0 Å². The SMILES string of the molecule is CC.Cc1ccc2nc(-c3ccncc3)sc2c1. The Morgan fingerprint density at radius 1 is 1.00 bits per heavy atom. The molecule has 3 rings (SSSR count). The molecular formula is C15H16N2S. The lowest BCUT2D eigenvalue weighted by Crippen LogP contribution is -1.75. The van der Waals surface area contributed by atoms with Gasteiger partial charge in [-0.2, -0.15) is 0 Å². The van der Waals surface area contributed by atoms with E-state index in [4.69, 9.17) is 0 Å². The van der Waals surface area contributed by atoms with E-state index >= 15 is 0 Å². The van der Waals surface area contributed by atoms with Crippen LogP contribution in [0.3, 0.4) is 0 Å². The lowest BCUT2D eigenvalue weighted by Gasteiger charge is -1.91. The van der Waals surface area contributed by atoms with Crippen LogP contribution in [0.2, 0.25) is 0 Å². The van der Waals surface area contributed by atoms with Crippen LogP contribution in [0.4, 0.5) is 0 Å². The first kappa shape index (κ1) is 12.7. The van der Waals surface area contributed by atoms with Crippen molar-refractivity contribution in [2.45, 2.75) is 20.8 Å². The van der Waals surface area contributed by atoms with Gasteiger partial charge in [0.1, 0.15) is 5.01 Å². The number of fused-ring (bicyclic) bond motifs is 1. The number of rotatable bonds is 1. The van der Waals surface area contributed by atoms with Gasteiger partial charge >= 0.3 is 0 Å². The van der Waals surface area contributed by atoms with Gasteiger partial charge in [-0.3, -0.25) is 4.98 Å². The lowest BCUT2D eigenvalue weighted by atomic mass is 10.2. The van der Waals surface area contributed by atoms with Crippen molar-refractivity contribution in [3.05, 3.63) is 48.3 Å². The van der Waals surface area contributed by atoms with Crippen molar-refractivity contribution in [2.75, 3.05) is 0 Å². The fraction of sp³-hybridized carbons (Fsp3) is 0.200. The Labute approximate surface area is 111 Å². The van der Waals surface area contributed by atoms with E-state index in [0.717, 1.165) is 16.1 Å². The number of benzene rings is 1. The standard InChI is InChI=1S/C13H10N2S.C2H6/c1-9-2-3-11-12(8-9)16-13(15-11)10-4-6-14-7-5-10;1-2/h2-8H,1H3;1-2H3. The number of aromatic nitrogens is 2. The van der Waals surface area contributed by atoms with Crippen molar-refractivity contribution in [3.8, 4) is 10.6 Å². The molecule has 18 heavy (non-hydrogen) atoms. The van der Waals surface area contributed by atoms with Crippen molar-refractivity contribution in [1.29, 1.82) is 0 Å². The number of hydrogen-bond acceptors (Lipinski definition) is 3. The highest BCUT2D eigenvalue weighted by Gasteiger charge is 2.05. The van der Waals surface area contributed by atoms with Gasteiger partial charge in [0.2, 0.25) is 0 Å².